The number of thiophene rings is 1. The first kappa shape index (κ1) is 11.2. The molecule has 0 saturated heterocycles. The lowest BCUT2D eigenvalue weighted by molar-refractivity contribution is 0.457. The molecular weight excluding hydrogens is 220 g/mol. The molecular formula is C12H16N2OS. The van der Waals surface area contributed by atoms with E-state index in [0.29, 0.717) is 6.04 Å². The third-order valence-electron chi connectivity index (χ3n) is 2.48. The summed E-state index contributed by atoms with van der Waals surface area (Å²) in [6.07, 6.45) is 2.61. The Bertz CT molecular complexity index is 422. The van der Waals surface area contributed by atoms with Gasteiger partial charge in [0.15, 0.2) is 0 Å². The first-order chi connectivity index (χ1) is 7.75. The fourth-order valence-electron chi connectivity index (χ4n) is 1.56. The molecule has 1 unspecified atom stereocenters. The Morgan fingerprint density at radius 1 is 1.50 bits per heavy atom. The number of hydrogen-bond acceptors (Lipinski definition) is 4. The van der Waals surface area contributed by atoms with Gasteiger partial charge in [-0.15, -0.1) is 11.3 Å². The number of furan rings is 1. The third-order valence-corrected chi connectivity index (χ3v) is 3.42. The van der Waals surface area contributed by atoms with E-state index in [1.165, 1.54) is 4.88 Å². The highest BCUT2D eigenvalue weighted by molar-refractivity contribution is 7.10. The van der Waals surface area contributed by atoms with Crippen molar-refractivity contribution in [3.05, 3.63) is 40.5 Å². The Labute approximate surface area is 99.3 Å². The van der Waals surface area contributed by atoms with Crippen molar-refractivity contribution in [2.45, 2.75) is 25.9 Å². The summed E-state index contributed by atoms with van der Waals surface area (Å²) in [5.74, 6) is 1.01. The van der Waals surface area contributed by atoms with Crippen LogP contribution in [-0.4, -0.2) is 6.04 Å². The van der Waals surface area contributed by atoms with Crippen molar-refractivity contribution < 1.29 is 4.42 Å². The van der Waals surface area contributed by atoms with E-state index in [0.717, 1.165) is 24.4 Å². The molecule has 0 saturated carbocycles. The minimum Gasteiger partial charge on any atom is -0.469 e. The number of nitrogens with two attached hydrogens (primary N) is 1. The topological polar surface area (TPSA) is 51.2 Å². The van der Waals surface area contributed by atoms with Crippen molar-refractivity contribution in [2.24, 2.45) is 0 Å². The minimum atomic E-state index is 0.382. The van der Waals surface area contributed by atoms with Crippen LogP contribution in [0.15, 0.2) is 34.3 Å². The molecule has 0 aliphatic carbocycles. The maximum atomic E-state index is 5.81. The van der Waals surface area contributed by atoms with Crippen LogP contribution in [0.25, 0.3) is 0 Å². The van der Waals surface area contributed by atoms with Crippen LogP contribution in [-0.2, 0) is 13.0 Å². The van der Waals surface area contributed by atoms with E-state index in [1.54, 1.807) is 17.6 Å². The number of rotatable bonds is 5. The first-order valence-corrected chi connectivity index (χ1v) is 6.21. The van der Waals surface area contributed by atoms with Crippen LogP contribution < -0.4 is 11.1 Å². The fraction of sp³-hybridized carbons (Fsp3) is 0.333. The van der Waals surface area contributed by atoms with Crippen LogP contribution in [0, 0.1) is 0 Å². The summed E-state index contributed by atoms with van der Waals surface area (Å²) in [6, 6.07) is 6.24. The lowest BCUT2D eigenvalue weighted by Gasteiger charge is -2.11. The van der Waals surface area contributed by atoms with Crippen LogP contribution in [0.3, 0.4) is 0 Å². The minimum absolute atomic E-state index is 0.382. The van der Waals surface area contributed by atoms with Crippen LogP contribution in [0.4, 0.5) is 5.69 Å². The van der Waals surface area contributed by atoms with Gasteiger partial charge in [0.1, 0.15) is 5.76 Å². The molecule has 3 N–H and O–H groups in total. The van der Waals surface area contributed by atoms with Crippen LogP contribution in [0.5, 0.6) is 0 Å². The monoisotopic (exact) mass is 236 g/mol. The Hall–Kier alpha value is -1.26. The lowest BCUT2D eigenvalue weighted by atomic mass is 10.2. The number of nitrogens with one attached hydrogen (secondary N) is 1. The summed E-state index contributed by atoms with van der Waals surface area (Å²) in [7, 11) is 0. The van der Waals surface area contributed by atoms with Crippen molar-refractivity contribution in [1.29, 1.82) is 0 Å². The zero-order chi connectivity index (χ0) is 11.4. The van der Waals surface area contributed by atoms with Crippen molar-refractivity contribution in [1.82, 2.24) is 5.32 Å². The van der Waals surface area contributed by atoms with E-state index in [1.807, 2.05) is 23.6 Å². The number of nitrogen functional groups attached to an aromatic ring is 1. The zero-order valence-corrected chi connectivity index (χ0v) is 10.1. The Morgan fingerprint density at radius 2 is 2.38 bits per heavy atom. The molecule has 0 bridgehead atoms. The second-order valence-corrected chi connectivity index (χ2v) is 4.87. The molecule has 2 aromatic heterocycles. The molecule has 3 nitrogen and oxygen atoms in total. The highest BCUT2D eigenvalue weighted by atomic mass is 32.1. The van der Waals surface area contributed by atoms with Gasteiger partial charge in [-0.05, 0) is 30.5 Å². The summed E-state index contributed by atoms with van der Waals surface area (Å²) < 4.78 is 5.30. The molecule has 0 aliphatic heterocycles. The predicted molar refractivity (Wildman–Crippen MR) is 67.4 cm³/mol. The largest absolute Gasteiger partial charge is 0.469 e. The van der Waals surface area contributed by atoms with Gasteiger partial charge in [0.05, 0.1) is 6.26 Å². The van der Waals surface area contributed by atoms with E-state index in [-0.39, 0.29) is 0 Å². The summed E-state index contributed by atoms with van der Waals surface area (Å²) in [5.41, 5.74) is 6.69. The molecule has 0 aliphatic rings. The SMILES string of the molecule is CC(Cc1ccco1)NCc1sccc1N. The zero-order valence-electron chi connectivity index (χ0n) is 9.27. The summed E-state index contributed by atoms with van der Waals surface area (Å²) in [5, 5.41) is 5.45. The lowest BCUT2D eigenvalue weighted by Crippen LogP contribution is -2.27. The third kappa shape index (κ3) is 2.87. The smallest absolute Gasteiger partial charge is 0.105 e. The van der Waals surface area contributed by atoms with E-state index in [2.05, 4.69) is 12.2 Å². The molecule has 0 spiro atoms. The van der Waals surface area contributed by atoms with Crippen LogP contribution in [0.2, 0.25) is 0 Å². The second-order valence-electron chi connectivity index (χ2n) is 3.86. The van der Waals surface area contributed by atoms with Gasteiger partial charge in [-0.2, -0.15) is 0 Å². The highest BCUT2D eigenvalue weighted by Crippen LogP contribution is 2.18. The van der Waals surface area contributed by atoms with Gasteiger partial charge in [-0.3, -0.25) is 0 Å². The van der Waals surface area contributed by atoms with E-state index < -0.39 is 0 Å². The molecule has 2 heterocycles. The van der Waals surface area contributed by atoms with Crippen LogP contribution in [0.1, 0.15) is 17.6 Å². The molecule has 4 heteroatoms. The molecule has 0 radical (unpaired) electrons. The average molecular weight is 236 g/mol. The molecule has 86 valence electrons. The Kier molecular flexibility index (Phi) is 3.64. The standard InChI is InChI=1S/C12H16N2OS/c1-9(7-10-3-2-5-15-10)14-8-12-11(13)4-6-16-12/h2-6,9,14H,7-8,13H2,1H3. The maximum absolute atomic E-state index is 5.81. The van der Waals surface area contributed by atoms with Gasteiger partial charge in [-0.1, -0.05) is 0 Å². The second kappa shape index (κ2) is 5.18. The molecule has 0 amide bonds. The molecule has 0 aromatic carbocycles. The Balaban J connectivity index is 1.80. The highest BCUT2D eigenvalue weighted by Gasteiger charge is 2.06. The number of hydrogen-bond donors (Lipinski definition) is 2. The van der Waals surface area contributed by atoms with Gasteiger partial charge in [-0.25, -0.2) is 0 Å². The molecule has 0 fully saturated rings. The van der Waals surface area contributed by atoms with Crippen LogP contribution >= 0.6 is 11.3 Å². The van der Waals surface area contributed by atoms with Crippen molar-refractivity contribution in [3.8, 4) is 0 Å². The summed E-state index contributed by atoms with van der Waals surface area (Å²) >= 11 is 1.69. The molecule has 16 heavy (non-hydrogen) atoms. The normalized spacial score (nSPS) is 12.8. The van der Waals surface area contributed by atoms with Crippen molar-refractivity contribution >= 4 is 17.0 Å². The van der Waals surface area contributed by atoms with Gasteiger partial charge in [0, 0.05) is 29.6 Å². The van der Waals surface area contributed by atoms with Gasteiger partial charge in [0.25, 0.3) is 0 Å². The van der Waals surface area contributed by atoms with Gasteiger partial charge in [0.2, 0.25) is 0 Å². The van der Waals surface area contributed by atoms with Crippen molar-refractivity contribution in [2.75, 3.05) is 5.73 Å². The quantitative estimate of drug-likeness (QED) is 0.839. The van der Waals surface area contributed by atoms with Gasteiger partial charge >= 0.3 is 0 Å². The molecule has 2 aromatic rings. The van der Waals surface area contributed by atoms with E-state index >= 15 is 0 Å². The summed E-state index contributed by atoms with van der Waals surface area (Å²) in [6.45, 7) is 2.97. The molecule has 1 atom stereocenters. The number of anilines is 1. The van der Waals surface area contributed by atoms with Gasteiger partial charge < -0.3 is 15.5 Å². The predicted octanol–water partition coefficient (Wildman–Crippen LogP) is 2.64. The summed E-state index contributed by atoms with van der Waals surface area (Å²) in [4.78, 5) is 1.20. The van der Waals surface area contributed by atoms with E-state index in [9.17, 15) is 0 Å². The average Bonchev–Trinajstić information content (AvgIpc) is 2.87. The fourth-order valence-corrected chi connectivity index (χ4v) is 2.31. The molecule has 2 rings (SSSR count). The Morgan fingerprint density at radius 3 is 3.00 bits per heavy atom. The van der Waals surface area contributed by atoms with Crippen molar-refractivity contribution in [3.63, 3.8) is 0 Å². The maximum Gasteiger partial charge on any atom is 0.105 e. The first-order valence-electron chi connectivity index (χ1n) is 5.33. The van der Waals surface area contributed by atoms with E-state index in [4.69, 9.17) is 10.2 Å².